The lowest BCUT2D eigenvalue weighted by molar-refractivity contribution is -0.287. The number of carbonyl (C=O) groups is 1. The number of nitrogens with one attached hydrogen (secondary N) is 1. The maximum absolute atomic E-state index is 13.9. The summed E-state index contributed by atoms with van der Waals surface area (Å²) < 4.78 is 41.1. The van der Waals surface area contributed by atoms with E-state index >= 15 is 0 Å². The molecule has 1 atom stereocenters. The van der Waals surface area contributed by atoms with Crippen LogP contribution in [0.25, 0.3) is 5.52 Å². The van der Waals surface area contributed by atoms with Gasteiger partial charge in [-0.15, -0.1) is 0 Å². The van der Waals surface area contributed by atoms with Crippen LogP contribution >= 0.6 is 0 Å². The molecule has 10 heteroatoms. The van der Waals surface area contributed by atoms with Gasteiger partial charge in [-0.2, -0.15) is 0 Å². The Balaban J connectivity index is 1.26. The van der Waals surface area contributed by atoms with Crippen LogP contribution in [-0.2, 0) is 16.0 Å². The van der Waals surface area contributed by atoms with E-state index in [2.05, 4.69) is 15.2 Å². The molecule has 2 saturated heterocycles. The highest BCUT2D eigenvalue weighted by Gasteiger charge is 2.43. The van der Waals surface area contributed by atoms with Gasteiger partial charge in [0.05, 0.1) is 50.2 Å². The van der Waals surface area contributed by atoms with E-state index in [0.717, 1.165) is 23.5 Å². The standard InChI is InChI=1S/C22H23F2N5O3/c23-16-4-5-19(18(24)11-16)26-21(30)28-8-10-32-22(15-28)14-27(7-9-31-22)13-20-25-12-17-3-1-2-6-29(17)20/h1-6,11-12H,7-10,13-15H2,(H,26,30). The SMILES string of the molecule is O=C(Nc1ccc(F)cc1F)N1CCOC2(CN(Cc3ncc4ccccn34)CCO2)C1. The molecule has 2 aliphatic rings. The number of urea groups is 1. The second-order valence-corrected chi connectivity index (χ2v) is 7.96. The van der Waals surface area contributed by atoms with E-state index in [-0.39, 0.29) is 12.2 Å². The van der Waals surface area contributed by atoms with Gasteiger partial charge in [0, 0.05) is 25.4 Å². The molecule has 1 spiro atoms. The van der Waals surface area contributed by atoms with E-state index < -0.39 is 23.5 Å². The molecular formula is C22H23F2N5O3. The third-order valence-corrected chi connectivity index (χ3v) is 5.74. The van der Waals surface area contributed by atoms with Crippen LogP contribution in [-0.4, -0.2) is 70.4 Å². The first kappa shape index (κ1) is 20.8. The van der Waals surface area contributed by atoms with Crippen molar-refractivity contribution in [2.75, 3.05) is 44.7 Å². The zero-order valence-corrected chi connectivity index (χ0v) is 17.3. The zero-order chi connectivity index (χ0) is 22.1. The van der Waals surface area contributed by atoms with Gasteiger partial charge in [0.25, 0.3) is 0 Å². The second kappa shape index (κ2) is 8.45. The molecule has 1 unspecified atom stereocenters. The number of anilines is 1. The van der Waals surface area contributed by atoms with Gasteiger partial charge in [0.15, 0.2) is 5.79 Å². The minimum absolute atomic E-state index is 0.0747. The molecule has 1 N–H and O–H groups in total. The van der Waals surface area contributed by atoms with Crippen molar-refractivity contribution in [2.45, 2.75) is 12.3 Å². The largest absolute Gasteiger partial charge is 0.346 e. The van der Waals surface area contributed by atoms with Crippen molar-refractivity contribution in [3.63, 3.8) is 0 Å². The van der Waals surface area contributed by atoms with Crippen LogP contribution in [0.5, 0.6) is 0 Å². The summed E-state index contributed by atoms with van der Waals surface area (Å²) in [5.41, 5.74) is 0.949. The highest BCUT2D eigenvalue weighted by atomic mass is 19.1. The lowest BCUT2D eigenvalue weighted by atomic mass is 10.1. The highest BCUT2D eigenvalue weighted by molar-refractivity contribution is 5.89. The smallest absolute Gasteiger partial charge is 0.322 e. The maximum Gasteiger partial charge on any atom is 0.322 e. The third kappa shape index (κ3) is 4.16. The summed E-state index contributed by atoms with van der Waals surface area (Å²) in [5, 5.41) is 2.50. The number of halogens is 2. The minimum atomic E-state index is -0.970. The molecule has 2 aromatic heterocycles. The van der Waals surface area contributed by atoms with Crippen molar-refractivity contribution >= 4 is 17.2 Å². The molecule has 1 aromatic carbocycles. The van der Waals surface area contributed by atoms with Gasteiger partial charge in [-0.25, -0.2) is 18.6 Å². The van der Waals surface area contributed by atoms with E-state index in [9.17, 15) is 13.6 Å². The predicted octanol–water partition coefficient (Wildman–Crippen LogP) is 2.71. The Bertz CT molecular complexity index is 1140. The average Bonchev–Trinajstić information content (AvgIpc) is 3.18. The molecule has 0 radical (unpaired) electrons. The van der Waals surface area contributed by atoms with Crippen molar-refractivity contribution in [1.29, 1.82) is 0 Å². The summed E-state index contributed by atoms with van der Waals surface area (Å²) in [5.74, 6) is -1.59. The van der Waals surface area contributed by atoms with Crippen LogP contribution in [0, 0.1) is 11.6 Å². The Labute approximate surface area is 183 Å². The first-order chi connectivity index (χ1) is 15.5. The maximum atomic E-state index is 13.9. The molecule has 4 heterocycles. The lowest BCUT2D eigenvalue weighted by Crippen LogP contribution is -2.63. The molecular weight excluding hydrogens is 420 g/mol. The van der Waals surface area contributed by atoms with Crippen LogP contribution in [0.4, 0.5) is 19.3 Å². The van der Waals surface area contributed by atoms with Crippen LogP contribution in [0.2, 0.25) is 0 Å². The van der Waals surface area contributed by atoms with Crippen molar-refractivity contribution in [3.8, 4) is 0 Å². The fourth-order valence-electron chi connectivity index (χ4n) is 4.18. The van der Waals surface area contributed by atoms with Crippen LogP contribution in [0.15, 0.2) is 48.8 Å². The van der Waals surface area contributed by atoms with Crippen LogP contribution < -0.4 is 5.32 Å². The highest BCUT2D eigenvalue weighted by Crippen LogP contribution is 2.26. The number of amides is 2. The van der Waals surface area contributed by atoms with Crippen LogP contribution in [0.1, 0.15) is 5.82 Å². The van der Waals surface area contributed by atoms with Crippen molar-refractivity contribution in [1.82, 2.24) is 19.2 Å². The zero-order valence-electron chi connectivity index (χ0n) is 17.3. The van der Waals surface area contributed by atoms with E-state index in [1.54, 1.807) is 0 Å². The van der Waals surface area contributed by atoms with Gasteiger partial charge in [-0.1, -0.05) is 6.07 Å². The Morgan fingerprint density at radius 2 is 1.97 bits per heavy atom. The summed E-state index contributed by atoms with van der Waals surface area (Å²) in [4.78, 5) is 21.0. The van der Waals surface area contributed by atoms with Crippen molar-refractivity contribution in [3.05, 3.63) is 66.3 Å². The van der Waals surface area contributed by atoms with Gasteiger partial charge in [0.1, 0.15) is 17.5 Å². The third-order valence-electron chi connectivity index (χ3n) is 5.74. The van der Waals surface area contributed by atoms with E-state index in [0.29, 0.717) is 39.4 Å². The van der Waals surface area contributed by atoms with Crippen LogP contribution in [0.3, 0.4) is 0 Å². The number of pyridine rings is 1. The molecule has 0 bridgehead atoms. The number of nitrogens with zero attached hydrogens (tertiary/aromatic N) is 4. The summed E-state index contributed by atoms with van der Waals surface area (Å²) in [6, 6.07) is 8.48. The van der Waals surface area contributed by atoms with Gasteiger partial charge in [-0.3, -0.25) is 4.90 Å². The van der Waals surface area contributed by atoms with Crippen molar-refractivity contribution in [2.24, 2.45) is 0 Å². The molecule has 168 valence electrons. The number of fused-ring (bicyclic) bond motifs is 1. The number of hydrogen-bond donors (Lipinski definition) is 1. The normalized spacial score (nSPS) is 21.9. The number of imidazole rings is 1. The Morgan fingerprint density at radius 3 is 2.81 bits per heavy atom. The second-order valence-electron chi connectivity index (χ2n) is 7.96. The quantitative estimate of drug-likeness (QED) is 0.674. The summed E-state index contributed by atoms with van der Waals surface area (Å²) in [6.07, 6.45) is 3.81. The summed E-state index contributed by atoms with van der Waals surface area (Å²) >= 11 is 0. The predicted molar refractivity (Wildman–Crippen MR) is 112 cm³/mol. The molecule has 2 amide bonds. The summed E-state index contributed by atoms with van der Waals surface area (Å²) in [6.45, 7) is 3.05. The van der Waals surface area contributed by atoms with Gasteiger partial charge in [-0.05, 0) is 24.3 Å². The van der Waals surface area contributed by atoms with Gasteiger partial charge in [0.2, 0.25) is 0 Å². The summed E-state index contributed by atoms with van der Waals surface area (Å²) in [7, 11) is 0. The minimum Gasteiger partial charge on any atom is -0.346 e. The Hall–Kier alpha value is -3.08. The van der Waals surface area contributed by atoms with E-state index in [4.69, 9.17) is 9.47 Å². The molecule has 0 aliphatic carbocycles. The molecule has 0 saturated carbocycles. The monoisotopic (exact) mass is 443 g/mol. The molecule has 2 fully saturated rings. The fourth-order valence-corrected chi connectivity index (χ4v) is 4.18. The van der Waals surface area contributed by atoms with Crippen molar-refractivity contribution < 1.29 is 23.0 Å². The molecule has 8 nitrogen and oxygen atoms in total. The van der Waals surface area contributed by atoms with Gasteiger partial charge >= 0.3 is 6.03 Å². The number of rotatable bonds is 3. The molecule has 3 aromatic rings. The molecule has 5 rings (SSSR count). The number of benzene rings is 1. The number of hydrogen-bond acceptors (Lipinski definition) is 5. The topological polar surface area (TPSA) is 71.3 Å². The molecule has 32 heavy (non-hydrogen) atoms. The number of morpholine rings is 2. The number of ether oxygens (including phenoxy) is 2. The van der Waals surface area contributed by atoms with E-state index in [1.807, 2.05) is 35.0 Å². The number of aromatic nitrogens is 2. The first-order valence-electron chi connectivity index (χ1n) is 10.4. The van der Waals surface area contributed by atoms with Gasteiger partial charge < -0.3 is 24.1 Å². The Kier molecular flexibility index (Phi) is 5.50. The first-order valence-corrected chi connectivity index (χ1v) is 10.4. The average molecular weight is 443 g/mol. The molecule has 2 aliphatic heterocycles. The fraction of sp³-hybridized carbons (Fsp3) is 0.364. The Morgan fingerprint density at radius 1 is 1.12 bits per heavy atom. The lowest BCUT2D eigenvalue weighted by Gasteiger charge is -2.47. The van der Waals surface area contributed by atoms with E-state index in [1.165, 1.54) is 11.0 Å². The number of carbonyl (C=O) groups excluding carboxylic acids is 1.